The van der Waals surface area contributed by atoms with Crippen LogP contribution in [-0.2, 0) is 11.3 Å². The van der Waals surface area contributed by atoms with Crippen LogP contribution < -0.4 is 16.3 Å². The number of aliphatic hydroxyl groups excluding tert-OH is 1. The monoisotopic (exact) mass is 559 g/mol. The van der Waals surface area contributed by atoms with Gasteiger partial charge in [-0.25, -0.2) is 9.97 Å². The van der Waals surface area contributed by atoms with Gasteiger partial charge < -0.3 is 20.1 Å². The van der Waals surface area contributed by atoms with E-state index in [1.54, 1.807) is 4.57 Å². The van der Waals surface area contributed by atoms with E-state index in [2.05, 4.69) is 20.3 Å². The van der Waals surface area contributed by atoms with Crippen molar-refractivity contribution >= 4 is 39.2 Å². The highest BCUT2D eigenvalue weighted by Gasteiger charge is 2.24. The molecule has 0 saturated carbocycles. The molecule has 0 bridgehead atoms. The molecule has 3 heterocycles. The molecule has 0 aliphatic heterocycles. The fraction of sp³-hybridized carbons (Fsp3) is 0.267. The Labute approximate surface area is 235 Å². The number of pyridine rings is 2. The number of aromatic nitrogens is 4. The summed E-state index contributed by atoms with van der Waals surface area (Å²) in [5.74, 6) is 0.330. The first-order chi connectivity index (χ1) is 19.2. The van der Waals surface area contributed by atoms with E-state index < -0.39 is 11.5 Å². The molecule has 0 aliphatic rings. The zero-order valence-corrected chi connectivity index (χ0v) is 23.2. The van der Waals surface area contributed by atoms with Crippen LogP contribution in [0.25, 0.3) is 27.5 Å². The van der Waals surface area contributed by atoms with Crippen LogP contribution in [0.5, 0.6) is 0 Å². The average molecular weight is 560 g/mol. The lowest BCUT2D eigenvalue weighted by molar-refractivity contribution is 0.0201. The molecule has 10 heteroatoms. The van der Waals surface area contributed by atoms with Crippen molar-refractivity contribution in [1.82, 2.24) is 19.5 Å². The van der Waals surface area contributed by atoms with E-state index in [4.69, 9.17) is 16.3 Å². The van der Waals surface area contributed by atoms with Crippen molar-refractivity contribution in [3.63, 3.8) is 0 Å². The Hall–Kier alpha value is -4.05. The summed E-state index contributed by atoms with van der Waals surface area (Å²) in [7, 11) is 0. The minimum atomic E-state index is -0.534. The van der Waals surface area contributed by atoms with Gasteiger partial charge in [-0.3, -0.25) is 14.2 Å². The Morgan fingerprint density at radius 2 is 1.85 bits per heavy atom. The van der Waals surface area contributed by atoms with Gasteiger partial charge in [-0.1, -0.05) is 61.8 Å². The highest BCUT2D eigenvalue weighted by atomic mass is 35.5. The SMILES string of the molecule is C[C@H](Nc1ncnc2[nH]ccc(=O)c12)c1c(Cl)c2cccc(COCC(C)(C)CO)c2c(=O)n1-c1ccccc1. The molecule has 9 nitrogen and oxygen atoms in total. The molecule has 40 heavy (non-hydrogen) atoms. The molecule has 0 amide bonds. The zero-order valence-electron chi connectivity index (χ0n) is 22.4. The lowest BCUT2D eigenvalue weighted by Gasteiger charge is -2.24. The van der Waals surface area contributed by atoms with Crippen molar-refractivity contribution in [2.24, 2.45) is 5.41 Å². The molecule has 206 valence electrons. The average Bonchev–Trinajstić information content (AvgIpc) is 2.95. The van der Waals surface area contributed by atoms with Gasteiger partial charge in [0.1, 0.15) is 23.2 Å². The van der Waals surface area contributed by atoms with Gasteiger partial charge in [0.25, 0.3) is 5.56 Å². The number of halogens is 1. The minimum Gasteiger partial charge on any atom is -0.396 e. The van der Waals surface area contributed by atoms with Crippen LogP contribution >= 0.6 is 11.6 Å². The number of hydrogen-bond donors (Lipinski definition) is 3. The number of aromatic amines is 1. The number of nitrogens with zero attached hydrogens (tertiary/aromatic N) is 3. The lowest BCUT2D eigenvalue weighted by atomic mass is 9.96. The normalized spacial score (nSPS) is 12.6. The number of hydrogen-bond acceptors (Lipinski definition) is 7. The maximum atomic E-state index is 14.3. The van der Waals surface area contributed by atoms with Crippen LogP contribution in [0.15, 0.2) is 76.7 Å². The van der Waals surface area contributed by atoms with E-state index in [-0.39, 0.29) is 24.2 Å². The molecule has 0 spiro atoms. The van der Waals surface area contributed by atoms with Gasteiger partial charge in [0.05, 0.1) is 42.0 Å². The smallest absolute Gasteiger partial charge is 0.263 e. The van der Waals surface area contributed by atoms with E-state index in [1.807, 2.05) is 69.3 Å². The van der Waals surface area contributed by atoms with Gasteiger partial charge >= 0.3 is 0 Å². The number of ether oxygens (including phenoxy) is 1. The van der Waals surface area contributed by atoms with Gasteiger partial charge in [0.2, 0.25) is 0 Å². The number of H-pyrrole nitrogens is 1. The Morgan fingerprint density at radius 3 is 2.60 bits per heavy atom. The van der Waals surface area contributed by atoms with Crippen LogP contribution in [0, 0.1) is 5.41 Å². The van der Waals surface area contributed by atoms with Crippen molar-refractivity contribution in [3.8, 4) is 5.69 Å². The number of para-hydroxylation sites is 1. The van der Waals surface area contributed by atoms with Crippen molar-refractivity contribution in [1.29, 1.82) is 0 Å². The van der Waals surface area contributed by atoms with Gasteiger partial charge in [0.15, 0.2) is 5.43 Å². The fourth-order valence-electron chi connectivity index (χ4n) is 4.70. The molecular formula is C30H30ClN5O4. The van der Waals surface area contributed by atoms with E-state index in [0.29, 0.717) is 56.2 Å². The van der Waals surface area contributed by atoms with Crippen molar-refractivity contribution in [2.75, 3.05) is 18.5 Å². The topological polar surface area (TPSA) is 122 Å². The summed E-state index contributed by atoms with van der Waals surface area (Å²) in [6.45, 7) is 6.17. The number of aliphatic hydroxyl groups is 1. The summed E-state index contributed by atoms with van der Waals surface area (Å²) in [5, 5.41) is 14.6. The molecule has 3 aromatic heterocycles. The second-order valence-electron chi connectivity index (χ2n) is 10.5. The van der Waals surface area contributed by atoms with E-state index >= 15 is 0 Å². The first-order valence-electron chi connectivity index (χ1n) is 12.9. The van der Waals surface area contributed by atoms with Gasteiger partial charge in [-0.15, -0.1) is 0 Å². The van der Waals surface area contributed by atoms with E-state index in [9.17, 15) is 14.7 Å². The maximum Gasteiger partial charge on any atom is 0.263 e. The van der Waals surface area contributed by atoms with E-state index in [1.165, 1.54) is 18.6 Å². The number of anilines is 1. The molecule has 0 aliphatic carbocycles. The molecular weight excluding hydrogens is 530 g/mol. The summed E-state index contributed by atoms with van der Waals surface area (Å²) in [4.78, 5) is 38.4. The van der Waals surface area contributed by atoms with Crippen LogP contribution in [0.1, 0.15) is 38.1 Å². The molecule has 3 N–H and O–H groups in total. The molecule has 0 radical (unpaired) electrons. The standard InChI is InChI=1S/C30H30ClN5O4/c1-18(35-28-24-22(38)12-13-32-27(24)33-17-34-28)26-25(31)21-11-7-8-19(14-40-16-30(2,3)15-37)23(21)29(39)36(26)20-9-5-4-6-10-20/h4-13,17-18,37H,14-16H2,1-3H3,(H2,32,33,34,35,38)/t18-/m0/s1. The number of fused-ring (bicyclic) bond motifs is 2. The Morgan fingerprint density at radius 1 is 1.07 bits per heavy atom. The Balaban J connectivity index is 1.67. The first kappa shape index (κ1) is 27.5. The van der Waals surface area contributed by atoms with Crippen LogP contribution in [0.3, 0.4) is 0 Å². The third kappa shape index (κ3) is 5.23. The van der Waals surface area contributed by atoms with E-state index in [0.717, 1.165) is 0 Å². The Bertz CT molecular complexity index is 1800. The number of rotatable bonds is 9. The van der Waals surface area contributed by atoms with Gasteiger partial charge in [-0.05, 0) is 24.6 Å². The highest BCUT2D eigenvalue weighted by molar-refractivity contribution is 6.36. The summed E-state index contributed by atoms with van der Waals surface area (Å²) in [5.41, 5.74) is 1.36. The molecule has 0 saturated heterocycles. The van der Waals surface area contributed by atoms with Crippen LogP contribution in [0.4, 0.5) is 5.82 Å². The summed E-state index contributed by atoms with van der Waals surface area (Å²) < 4.78 is 7.52. The molecule has 5 rings (SSSR count). The van der Waals surface area contributed by atoms with Crippen molar-refractivity contribution in [2.45, 2.75) is 33.4 Å². The molecule has 1 atom stereocenters. The zero-order chi connectivity index (χ0) is 28.4. The predicted octanol–water partition coefficient (Wildman–Crippen LogP) is 4.98. The molecule has 5 aromatic rings. The number of benzene rings is 2. The molecule has 0 fully saturated rings. The van der Waals surface area contributed by atoms with Gasteiger partial charge in [-0.2, -0.15) is 0 Å². The van der Waals surface area contributed by atoms with Crippen LogP contribution in [-0.4, -0.2) is 37.8 Å². The third-order valence-electron chi connectivity index (χ3n) is 6.77. The summed E-state index contributed by atoms with van der Waals surface area (Å²) in [6, 6.07) is 15.6. The summed E-state index contributed by atoms with van der Waals surface area (Å²) >= 11 is 7.11. The highest BCUT2D eigenvalue weighted by Crippen LogP contribution is 2.34. The van der Waals surface area contributed by atoms with Crippen LogP contribution in [0.2, 0.25) is 5.02 Å². The molecule has 0 unspecified atom stereocenters. The minimum absolute atomic E-state index is 0.0169. The fourth-order valence-corrected chi connectivity index (χ4v) is 5.11. The second-order valence-corrected chi connectivity index (χ2v) is 10.9. The van der Waals surface area contributed by atoms with Crippen molar-refractivity contribution < 1.29 is 9.84 Å². The first-order valence-corrected chi connectivity index (χ1v) is 13.3. The maximum absolute atomic E-state index is 14.3. The third-order valence-corrected chi connectivity index (χ3v) is 7.17. The lowest BCUT2D eigenvalue weighted by Crippen LogP contribution is -2.27. The molecule has 2 aromatic carbocycles. The summed E-state index contributed by atoms with van der Waals surface area (Å²) in [6.07, 6.45) is 2.90. The van der Waals surface area contributed by atoms with Crippen molar-refractivity contribution in [3.05, 3.63) is 104 Å². The Kier molecular flexibility index (Phi) is 7.71. The number of nitrogens with one attached hydrogen (secondary N) is 2. The predicted molar refractivity (Wildman–Crippen MR) is 157 cm³/mol. The largest absolute Gasteiger partial charge is 0.396 e. The van der Waals surface area contributed by atoms with Gasteiger partial charge in [0, 0.05) is 28.8 Å². The second kappa shape index (κ2) is 11.2. The quantitative estimate of drug-likeness (QED) is 0.233.